The molecule has 1 saturated carbocycles. The van der Waals surface area contributed by atoms with E-state index in [0.717, 1.165) is 86.4 Å². The maximum absolute atomic E-state index is 15.7. The molecule has 1 aliphatic carbocycles. The molecule has 2 aromatic rings. The maximum Gasteiger partial charge on any atom is 0.318 e. The largest absolute Gasteiger partial charge is 0.461 e. The molecule has 1 aromatic carbocycles. The average Bonchev–Trinajstić information content (AvgIpc) is 3.53. The van der Waals surface area contributed by atoms with Gasteiger partial charge in [-0.1, -0.05) is 0 Å². The second-order valence-electron chi connectivity index (χ2n) is 13.4. The van der Waals surface area contributed by atoms with Crippen LogP contribution in [0.2, 0.25) is 0 Å². The van der Waals surface area contributed by atoms with Crippen LogP contribution >= 0.6 is 0 Å². The zero-order valence-electron chi connectivity index (χ0n) is 23.8. The van der Waals surface area contributed by atoms with E-state index in [1.165, 1.54) is 0 Å². The fraction of sp³-hybridized carbons (Fsp3) is 0.677. The summed E-state index contributed by atoms with van der Waals surface area (Å²) in [6, 6.07) is 2.97. The summed E-state index contributed by atoms with van der Waals surface area (Å²) in [5, 5.41) is 3.70. The number of nitrogens with two attached hydrogens (primary N) is 1. The van der Waals surface area contributed by atoms with Crippen LogP contribution in [0.25, 0.3) is 0 Å². The van der Waals surface area contributed by atoms with Crippen LogP contribution < -0.4 is 20.7 Å². The molecular weight excluding hydrogens is 526 g/mol. The van der Waals surface area contributed by atoms with Gasteiger partial charge in [0.05, 0.1) is 29.6 Å². The van der Waals surface area contributed by atoms with Gasteiger partial charge in [-0.3, -0.25) is 4.90 Å². The number of nitrogens with zero attached hydrogens (tertiary/aromatic N) is 4. The minimum atomic E-state index is -0.814. The monoisotopic (exact) mass is 566 g/mol. The van der Waals surface area contributed by atoms with E-state index < -0.39 is 12.3 Å². The molecule has 41 heavy (non-hydrogen) atoms. The van der Waals surface area contributed by atoms with Crippen molar-refractivity contribution in [3.63, 3.8) is 0 Å². The van der Waals surface area contributed by atoms with Gasteiger partial charge in [-0.2, -0.15) is 9.97 Å². The number of halogens is 2. The Balaban J connectivity index is 1.14. The summed E-state index contributed by atoms with van der Waals surface area (Å²) in [6.45, 7) is 5.86. The first-order valence-electron chi connectivity index (χ1n) is 15.5. The van der Waals surface area contributed by atoms with E-state index in [1.54, 1.807) is 6.07 Å². The summed E-state index contributed by atoms with van der Waals surface area (Å²) >= 11 is 0. The van der Waals surface area contributed by atoms with Crippen molar-refractivity contribution >= 4 is 11.5 Å². The predicted octanol–water partition coefficient (Wildman–Crippen LogP) is 4.09. The van der Waals surface area contributed by atoms with Crippen molar-refractivity contribution in [3.8, 4) is 6.01 Å². The molecule has 0 amide bonds. The zero-order chi connectivity index (χ0) is 27.9. The minimum Gasteiger partial charge on any atom is -0.461 e. The third kappa shape index (κ3) is 4.48. The lowest BCUT2D eigenvalue weighted by atomic mass is 9.89. The Morgan fingerprint density at radius 3 is 2.73 bits per heavy atom. The second-order valence-corrected chi connectivity index (χ2v) is 13.4. The number of hydrogen-bond donors (Lipinski definition) is 2. The molecule has 0 spiro atoms. The van der Waals surface area contributed by atoms with Gasteiger partial charge in [-0.15, -0.1) is 0 Å². The van der Waals surface area contributed by atoms with Crippen molar-refractivity contribution < 1.29 is 18.3 Å². The Bertz CT molecular complexity index is 1360. The van der Waals surface area contributed by atoms with Gasteiger partial charge >= 0.3 is 6.01 Å². The minimum absolute atomic E-state index is 0.170. The van der Waals surface area contributed by atoms with Crippen LogP contribution in [0, 0.1) is 12.7 Å². The number of alkyl halides is 1. The number of fused-ring (bicyclic) bond motifs is 4. The normalized spacial score (nSPS) is 32.8. The topological polar surface area (TPSA) is 88.8 Å². The maximum atomic E-state index is 15.7. The van der Waals surface area contributed by atoms with Crippen LogP contribution in [0.15, 0.2) is 6.07 Å². The van der Waals surface area contributed by atoms with Crippen LogP contribution in [0.5, 0.6) is 6.01 Å². The number of anilines is 2. The fourth-order valence-corrected chi connectivity index (χ4v) is 8.45. The second kappa shape index (κ2) is 9.74. The van der Waals surface area contributed by atoms with Gasteiger partial charge in [0.2, 0.25) is 0 Å². The fourth-order valence-electron chi connectivity index (χ4n) is 8.45. The lowest BCUT2D eigenvalue weighted by Gasteiger charge is -2.37. The molecule has 10 heteroatoms. The number of aryl methyl sites for hydroxylation is 1. The van der Waals surface area contributed by atoms with Crippen molar-refractivity contribution in [3.05, 3.63) is 39.8 Å². The Hall–Kier alpha value is -2.56. The first kappa shape index (κ1) is 26.1. The number of ether oxygens (including phenoxy) is 2. The molecule has 4 saturated heterocycles. The number of benzene rings is 1. The van der Waals surface area contributed by atoms with Crippen molar-refractivity contribution in [1.82, 2.24) is 20.2 Å². The molecule has 8 rings (SSSR count). The van der Waals surface area contributed by atoms with Crippen molar-refractivity contribution in [1.29, 1.82) is 0 Å². The van der Waals surface area contributed by atoms with Crippen LogP contribution in [-0.4, -0.2) is 71.4 Å². The predicted molar refractivity (Wildman–Crippen MR) is 151 cm³/mol. The highest BCUT2D eigenvalue weighted by atomic mass is 19.1. The van der Waals surface area contributed by atoms with E-state index in [0.29, 0.717) is 62.2 Å². The Labute approximate surface area is 240 Å². The Kier molecular flexibility index (Phi) is 6.20. The summed E-state index contributed by atoms with van der Waals surface area (Å²) in [6.07, 6.45) is 6.09. The number of rotatable bonds is 6. The van der Waals surface area contributed by atoms with Crippen LogP contribution in [-0.2, 0) is 17.8 Å². The van der Waals surface area contributed by atoms with Gasteiger partial charge in [0, 0.05) is 55.7 Å². The molecule has 2 bridgehead atoms. The molecular formula is C31H40F2N6O2. The van der Waals surface area contributed by atoms with Crippen molar-refractivity contribution in [2.75, 3.05) is 43.4 Å². The first-order valence-corrected chi connectivity index (χ1v) is 15.5. The number of nitrogen functional groups attached to an aromatic ring is 1. The molecule has 6 heterocycles. The summed E-state index contributed by atoms with van der Waals surface area (Å²) in [5.41, 5.74) is 10.5. The van der Waals surface area contributed by atoms with Crippen molar-refractivity contribution in [2.45, 2.75) is 101 Å². The average molecular weight is 567 g/mol. The summed E-state index contributed by atoms with van der Waals surface area (Å²) in [5.74, 6) is 0.863. The van der Waals surface area contributed by atoms with E-state index in [2.05, 4.69) is 15.1 Å². The van der Waals surface area contributed by atoms with E-state index >= 15 is 4.39 Å². The van der Waals surface area contributed by atoms with E-state index in [4.69, 9.17) is 25.2 Å². The molecule has 1 aromatic heterocycles. The quantitative estimate of drug-likeness (QED) is 0.506. The Morgan fingerprint density at radius 2 is 1.95 bits per heavy atom. The molecule has 220 valence electrons. The van der Waals surface area contributed by atoms with Gasteiger partial charge in [-0.25, -0.2) is 8.78 Å². The smallest absolute Gasteiger partial charge is 0.318 e. The zero-order valence-corrected chi connectivity index (χ0v) is 23.8. The van der Waals surface area contributed by atoms with Gasteiger partial charge in [0.15, 0.2) is 5.82 Å². The van der Waals surface area contributed by atoms with Gasteiger partial charge in [-0.05, 0) is 75.1 Å². The third-order valence-electron chi connectivity index (χ3n) is 10.5. The molecule has 2 unspecified atom stereocenters. The highest BCUT2D eigenvalue weighted by molar-refractivity contribution is 5.56. The number of hydrogen-bond acceptors (Lipinski definition) is 8. The lowest BCUT2D eigenvalue weighted by molar-refractivity contribution is 0.0226. The third-order valence-corrected chi connectivity index (χ3v) is 10.5. The summed E-state index contributed by atoms with van der Waals surface area (Å²) in [4.78, 5) is 14.5. The molecule has 5 aliphatic heterocycles. The summed E-state index contributed by atoms with van der Waals surface area (Å²) < 4.78 is 42.9. The molecule has 8 nitrogen and oxygen atoms in total. The number of piperazine rings is 1. The molecule has 6 aliphatic rings. The van der Waals surface area contributed by atoms with Gasteiger partial charge < -0.3 is 25.4 Å². The highest BCUT2D eigenvalue weighted by Crippen LogP contribution is 2.49. The van der Waals surface area contributed by atoms with Gasteiger partial charge in [0.1, 0.15) is 18.6 Å². The van der Waals surface area contributed by atoms with E-state index in [1.807, 2.05) is 6.92 Å². The number of aromatic nitrogens is 2. The first-order chi connectivity index (χ1) is 19.9. The molecule has 3 N–H and O–H groups in total. The van der Waals surface area contributed by atoms with Crippen molar-refractivity contribution in [2.24, 2.45) is 0 Å². The van der Waals surface area contributed by atoms with Crippen LogP contribution in [0.3, 0.4) is 0 Å². The number of nitrogens with one attached hydrogen (secondary N) is 1. The van der Waals surface area contributed by atoms with Crippen LogP contribution in [0.4, 0.5) is 20.3 Å². The standard InChI is InChI=1S/C31H40F2N6O2/c1-17-9-23(34)28(33)27(26(17)18-3-4-18)25-10-24-22(15-40-25)29(38-13-20-5-6-21(14-38)35-20)37-30(36-24)41-16-31-7-2-8-39(31)12-19(32)11-31/h9,18-21,25,35H,2-8,10-16,34H2,1H3/t19-,20?,21?,25-,31+/m1/s1. The van der Waals surface area contributed by atoms with E-state index in [-0.39, 0.29) is 17.0 Å². The molecule has 0 radical (unpaired) electrons. The lowest BCUT2D eigenvalue weighted by Crippen LogP contribution is -2.52. The Morgan fingerprint density at radius 1 is 1.15 bits per heavy atom. The SMILES string of the molecule is Cc1cc(N)c(F)c([C@H]2Cc3nc(OC[C@@]45CCCN4C[C@H](F)C5)nc(N4CC5CCC(C4)N5)c3CO2)c1C1CC1. The highest BCUT2D eigenvalue weighted by Gasteiger charge is 2.49. The summed E-state index contributed by atoms with van der Waals surface area (Å²) in [7, 11) is 0. The molecule has 5 atom stereocenters. The van der Waals surface area contributed by atoms with E-state index in [9.17, 15) is 4.39 Å². The van der Waals surface area contributed by atoms with Crippen LogP contribution in [0.1, 0.15) is 84.9 Å². The van der Waals surface area contributed by atoms with Gasteiger partial charge in [0.25, 0.3) is 0 Å². The molecule has 5 fully saturated rings.